The predicted octanol–water partition coefficient (Wildman–Crippen LogP) is 3.05. The number of nitrogens with zero attached hydrogens (tertiary/aromatic N) is 1. The lowest BCUT2D eigenvalue weighted by atomic mass is 9.86. The lowest BCUT2D eigenvalue weighted by molar-refractivity contribution is 0.0548. The molecule has 1 N–H and O–H groups in total. The van der Waals surface area contributed by atoms with E-state index in [-0.39, 0.29) is 12.7 Å². The summed E-state index contributed by atoms with van der Waals surface area (Å²) in [5.41, 5.74) is 3.36. The average Bonchev–Trinajstić information content (AvgIpc) is 3.21. The summed E-state index contributed by atoms with van der Waals surface area (Å²) in [6, 6.07) is 11.9. The third-order valence-corrected chi connectivity index (χ3v) is 5.91. The zero-order valence-electron chi connectivity index (χ0n) is 16.5. The number of methoxy groups -OCH3 is 1. The fourth-order valence-electron chi connectivity index (χ4n) is 4.44. The summed E-state index contributed by atoms with van der Waals surface area (Å²) < 4.78 is 22.2. The van der Waals surface area contributed by atoms with E-state index in [4.69, 9.17) is 18.9 Å². The molecule has 6 heteroatoms. The number of hydrogen-bond acceptors (Lipinski definition) is 6. The molecular formula is C23H25NO5. The van der Waals surface area contributed by atoms with E-state index in [9.17, 15) is 5.11 Å². The number of fused-ring (bicyclic) bond motifs is 2. The molecule has 2 aromatic carbocycles. The van der Waals surface area contributed by atoms with Crippen LogP contribution < -0.4 is 18.9 Å². The Morgan fingerprint density at radius 3 is 2.90 bits per heavy atom. The number of aliphatic hydroxyl groups is 1. The molecule has 0 unspecified atom stereocenters. The first-order chi connectivity index (χ1) is 14.2. The molecule has 0 aromatic heterocycles. The number of piperidine rings is 1. The first-order valence-corrected chi connectivity index (χ1v) is 10.0. The molecule has 3 aliphatic heterocycles. The Balaban J connectivity index is 1.25. The van der Waals surface area contributed by atoms with Gasteiger partial charge in [-0.1, -0.05) is 18.2 Å². The Bertz CT molecular complexity index is 941. The molecule has 0 radical (unpaired) electrons. The summed E-state index contributed by atoms with van der Waals surface area (Å²) >= 11 is 0. The van der Waals surface area contributed by atoms with Crippen molar-refractivity contribution in [3.05, 3.63) is 53.1 Å². The van der Waals surface area contributed by atoms with Gasteiger partial charge in [-0.3, -0.25) is 4.90 Å². The molecule has 0 aliphatic carbocycles. The van der Waals surface area contributed by atoms with Crippen LogP contribution in [0, 0.1) is 0 Å². The van der Waals surface area contributed by atoms with Crippen molar-refractivity contribution in [1.29, 1.82) is 0 Å². The minimum absolute atomic E-state index is 0.113. The predicted molar refractivity (Wildman–Crippen MR) is 109 cm³/mol. The van der Waals surface area contributed by atoms with Crippen LogP contribution in [0.2, 0.25) is 0 Å². The van der Waals surface area contributed by atoms with Crippen molar-refractivity contribution in [3.8, 4) is 23.0 Å². The van der Waals surface area contributed by atoms with E-state index in [1.54, 1.807) is 7.11 Å². The van der Waals surface area contributed by atoms with E-state index >= 15 is 0 Å². The van der Waals surface area contributed by atoms with Crippen molar-refractivity contribution in [2.45, 2.75) is 18.4 Å². The Labute approximate surface area is 170 Å². The molecule has 3 heterocycles. The van der Waals surface area contributed by atoms with Gasteiger partial charge in [0.1, 0.15) is 6.61 Å². The zero-order valence-corrected chi connectivity index (χ0v) is 16.5. The fourth-order valence-corrected chi connectivity index (χ4v) is 4.44. The molecule has 0 spiro atoms. The number of benzene rings is 2. The standard InChI is InChI=1S/C23H25NO5/c1-26-21-4-2-3-17-9-15(13-27-23(17)21)11-24-8-7-18(19(25)12-24)16-5-6-20-22(10-16)29-14-28-20/h2-6,9-10,18-19,25H,7-8,11-14H2,1H3/t18-,19+/m0/s1. The second kappa shape index (κ2) is 7.61. The third-order valence-electron chi connectivity index (χ3n) is 5.91. The van der Waals surface area contributed by atoms with Gasteiger partial charge in [-0.15, -0.1) is 0 Å². The number of likely N-dealkylation sites (tertiary alicyclic amines) is 1. The largest absolute Gasteiger partial charge is 0.493 e. The number of β-amino-alcohol motifs (C(OH)–C–C–N with tert-alkyl or cyclic N) is 1. The molecule has 0 saturated carbocycles. The normalized spacial score (nSPS) is 23.2. The van der Waals surface area contributed by atoms with Gasteiger partial charge in [0.2, 0.25) is 6.79 Å². The monoisotopic (exact) mass is 395 g/mol. The minimum atomic E-state index is -0.415. The van der Waals surface area contributed by atoms with Gasteiger partial charge < -0.3 is 24.1 Å². The van der Waals surface area contributed by atoms with Crippen molar-refractivity contribution >= 4 is 6.08 Å². The van der Waals surface area contributed by atoms with Crippen LogP contribution in [0.5, 0.6) is 23.0 Å². The van der Waals surface area contributed by atoms with Gasteiger partial charge in [-0.25, -0.2) is 0 Å². The summed E-state index contributed by atoms with van der Waals surface area (Å²) in [6.07, 6.45) is 2.67. The number of aliphatic hydroxyl groups excluding tert-OH is 1. The Morgan fingerprint density at radius 2 is 2.03 bits per heavy atom. The van der Waals surface area contributed by atoms with Gasteiger partial charge in [0.05, 0.1) is 13.2 Å². The molecule has 2 atom stereocenters. The van der Waals surface area contributed by atoms with Gasteiger partial charge >= 0.3 is 0 Å². The SMILES string of the molecule is COc1cccc2c1OCC(CN1CC[C@@H](c3ccc4c(c3)OCO4)[C@H](O)C1)=C2. The lowest BCUT2D eigenvalue weighted by Crippen LogP contribution is -2.43. The summed E-state index contributed by atoms with van der Waals surface area (Å²) in [4.78, 5) is 2.30. The van der Waals surface area contributed by atoms with E-state index in [2.05, 4.69) is 11.0 Å². The molecule has 29 heavy (non-hydrogen) atoms. The topological polar surface area (TPSA) is 60.4 Å². The van der Waals surface area contributed by atoms with E-state index < -0.39 is 6.10 Å². The maximum absolute atomic E-state index is 10.8. The summed E-state index contributed by atoms with van der Waals surface area (Å²) in [5, 5.41) is 10.8. The molecule has 1 saturated heterocycles. The molecule has 3 aliphatic rings. The molecule has 0 bridgehead atoms. The second-order valence-corrected chi connectivity index (χ2v) is 7.78. The highest BCUT2D eigenvalue weighted by Gasteiger charge is 2.30. The number of rotatable bonds is 4. The first kappa shape index (κ1) is 18.3. The van der Waals surface area contributed by atoms with Crippen LogP contribution in [0.3, 0.4) is 0 Å². The van der Waals surface area contributed by atoms with E-state index in [0.717, 1.165) is 53.6 Å². The van der Waals surface area contributed by atoms with Crippen LogP contribution in [0.25, 0.3) is 6.08 Å². The Kier molecular flexibility index (Phi) is 4.81. The molecule has 1 fully saturated rings. The maximum Gasteiger partial charge on any atom is 0.231 e. The van der Waals surface area contributed by atoms with Crippen LogP contribution in [-0.4, -0.2) is 56.3 Å². The van der Waals surface area contributed by atoms with Gasteiger partial charge in [-0.2, -0.15) is 0 Å². The van der Waals surface area contributed by atoms with Crippen molar-refractivity contribution < 1.29 is 24.1 Å². The van der Waals surface area contributed by atoms with Gasteiger partial charge in [0.15, 0.2) is 23.0 Å². The second-order valence-electron chi connectivity index (χ2n) is 7.78. The van der Waals surface area contributed by atoms with Crippen LogP contribution in [0.15, 0.2) is 42.0 Å². The quantitative estimate of drug-likeness (QED) is 0.859. The summed E-state index contributed by atoms with van der Waals surface area (Å²) in [5.74, 6) is 3.23. The molecule has 0 amide bonds. The van der Waals surface area contributed by atoms with Gasteiger partial charge in [-0.05, 0) is 48.4 Å². The third kappa shape index (κ3) is 3.54. The fraction of sp³-hybridized carbons (Fsp3) is 0.391. The highest BCUT2D eigenvalue weighted by molar-refractivity contribution is 5.66. The molecule has 6 nitrogen and oxygen atoms in total. The number of ether oxygens (including phenoxy) is 4. The summed E-state index contributed by atoms with van der Waals surface area (Å²) in [6.45, 7) is 3.18. The van der Waals surface area contributed by atoms with Crippen LogP contribution >= 0.6 is 0 Å². The number of hydrogen-bond donors (Lipinski definition) is 1. The van der Waals surface area contributed by atoms with Crippen molar-refractivity contribution in [1.82, 2.24) is 4.90 Å². The van der Waals surface area contributed by atoms with Crippen molar-refractivity contribution in [2.75, 3.05) is 40.1 Å². The molecule has 5 rings (SSSR count). The highest BCUT2D eigenvalue weighted by atomic mass is 16.7. The van der Waals surface area contributed by atoms with Gasteiger partial charge in [0.25, 0.3) is 0 Å². The molecule has 2 aromatic rings. The van der Waals surface area contributed by atoms with Crippen LogP contribution in [-0.2, 0) is 0 Å². The van der Waals surface area contributed by atoms with E-state index in [1.165, 1.54) is 5.57 Å². The molecular weight excluding hydrogens is 370 g/mol. The van der Waals surface area contributed by atoms with Crippen LogP contribution in [0.1, 0.15) is 23.5 Å². The molecule has 152 valence electrons. The highest BCUT2D eigenvalue weighted by Crippen LogP contribution is 2.38. The smallest absolute Gasteiger partial charge is 0.231 e. The van der Waals surface area contributed by atoms with Crippen LogP contribution in [0.4, 0.5) is 0 Å². The first-order valence-electron chi connectivity index (χ1n) is 10.0. The van der Waals surface area contributed by atoms with Gasteiger partial charge in [0, 0.05) is 24.6 Å². The van der Waals surface area contributed by atoms with E-state index in [1.807, 2.05) is 36.4 Å². The minimum Gasteiger partial charge on any atom is -0.493 e. The Hall–Kier alpha value is -2.70. The van der Waals surface area contributed by atoms with Crippen molar-refractivity contribution in [2.24, 2.45) is 0 Å². The maximum atomic E-state index is 10.8. The van der Waals surface area contributed by atoms with Crippen molar-refractivity contribution in [3.63, 3.8) is 0 Å². The number of para-hydroxylation sites is 1. The lowest BCUT2D eigenvalue weighted by Gasteiger charge is -2.37. The Morgan fingerprint density at radius 1 is 1.14 bits per heavy atom. The summed E-state index contributed by atoms with van der Waals surface area (Å²) in [7, 11) is 1.66. The average molecular weight is 395 g/mol. The van der Waals surface area contributed by atoms with E-state index in [0.29, 0.717) is 13.2 Å². The zero-order chi connectivity index (χ0) is 19.8.